The first kappa shape index (κ1) is 48.1. The van der Waals surface area contributed by atoms with Crippen LogP contribution in [0.1, 0.15) is 105 Å². The van der Waals surface area contributed by atoms with Crippen molar-refractivity contribution in [2.45, 2.75) is 113 Å². The second kappa shape index (κ2) is 23.5. The molecule has 2 heterocycles. The van der Waals surface area contributed by atoms with Crippen LogP contribution in [0.15, 0.2) is 66.7 Å². The van der Waals surface area contributed by atoms with Crippen molar-refractivity contribution in [3.8, 4) is 11.1 Å². The first-order chi connectivity index (χ1) is 31.4. The lowest BCUT2D eigenvalue weighted by Crippen LogP contribution is -2.45. The number of nitro groups is 1. The lowest BCUT2D eigenvalue weighted by molar-refractivity contribution is -0.386. The monoisotopic (exact) mass is 914 g/mol. The van der Waals surface area contributed by atoms with Gasteiger partial charge < -0.3 is 47.1 Å². The number of rotatable bonds is 24. The number of thioether (sulfide) groups is 1. The third-order valence-electron chi connectivity index (χ3n) is 11.9. The number of urea groups is 1. The fraction of sp³-hybridized carbons (Fsp3) is 0.478. The Balaban J connectivity index is 0.835. The molecule has 348 valence electrons. The van der Waals surface area contributed by atoms with Crippen molar-refractivity contribution in [3.05, 3.63) is 99.1 Å². The normalized spacial score (nSPS) is 17.9. The van der Waals surface area contributed by atoms with Crippen LogP contribution in [0.25, 0.3) is 11.1 Å². The Kier molecular flexibility index (Phi) is 17.4. The predicted octanol–water partition coefficient (Wildman–Crippen LogP) is 5.57. The number of nitrogens with one attached hydrogen (secondary N) is 6. The highest BCUT2D eigenvalue weighted by atomic mass is 32.2. The highest BCUT2D eigenvalue weighted by Crippen LogP contribution is 2.44. The van der Waals surface area contributed by atoms with Crippen LogP contribution in [0.3, 0.4) is 0 Å². The quantitative estimate of drug-likeness (QED) is 0.0253. The molecule has 3 aromatic rings. The molecule has 2 saturated heterocycles. The van der Waals surface area contributed by atoms with E-state index in [1.54, 1.807) is 0 Å². The molecule has 18 nitrogen and oxygen atoms in total. The number of unbranched alkanes of at least 4 members (excludes halogenated alkanes) is 3. The van der Waals surface area contributed by atoms with Crippen LogP contribution in [0.5, 0.6) is 0 Å². The van der Waals surface area contributed by atoms with Crippen molar-refractivity contribution in [3.63, 3.8) is 0 Å². The summed E-state index contributed by atoms with van der Waals surface area (Å²) in [5, 5.41) is 29.0. The SMILES string of the molecule is CC(OC(=O)NCCCC(NC(=O)OCC1c2ccccc2-c2ccccc21)C(N)=O)c1cc(CNC(=O)CCCCCNC(=O)CCCCC2SCC3NC(=O)NC32)ccc1[N+](=O)[O-]. The summed E-state index contributed by atoms with van der Waals surface area (Å²) < 4.78 is 11.0. The summed E-state index contributed by atoms with van der Waals surface area (Å²) >= 11 is 1.87. The number of nitrogens with zero attached hydrogens (tertiary/aromatic N) is 1. The highest BCUT2D eigenvalue weighted by Gasteiger charge is 2.42. The Bertz CT molecular complexity index is 2160. The van der Waals surface area contributed by atoms with E-state index in [0.717, 1.165) is 60.1 Å². The summed E-state index contributed by atoms with van der Waals surface area (Å²) in [6, 6.07) is 19.4. The highest BCUT2D eigenvalue weighted by molar-refractivity contribution is 8.00. The average molecular weight is 915 g/mol. The standard InChI is InChI=1S/C46H58N8O10S/c1-28(64-45(59)49-23-11-16-36(43(47)57)52-46(60)63-26-35-32-14-6-4-12-30(32)31-13-5-7-15-33(31)35)34-24-29(20-21-38(34)54(61)62)25-50-41(56)18-3-2-10-22-48-40(55)19-9-8-17-39-42-37(27-65-39)51-44(58)53-42/h4-7,12-15,20-21,24,28,35-37,39,42H,2-3,8-11,16-19,22-23,25-27H2,1H3,(H2,47,57)(H,48,55)(H,49,59)(H,50,56)(H,52,60)(H2,51,53,58). The number of fused-ring (bicyclic) bond motifs is 4. The number of benzene rings is 3. The molecular weight excluding hydrogens is 857 g/mol. The molecule has 2 aliphatic heterocycles. The summed E-state index contributed by atoms with van der Waals surface area (Å²) in [5.74, 6) is -0.200. The maximum atomic E-state index is 12.8. The maximum Gasteiger partial charge on any atom is 0.407 e. The van der Waals surface area contributed by atoms with Gasteiger partial charge >= 0.3 is 18.2 Å². The molecule has 3 aromatic carbocycles. The van der Waals surface area contributed by atoms with Crippen molar-refractivity contribution in [2.75, 3.05) is 25.4 Å². The Morgan fingerprint density at radius 3 is 2.23 bits per heavy atom. The average Bonchev–Trinajstić information content (AvgIpc) is 3.95. The zero-order chi connectivity index (χ0) is 46.3. The van der Waals surface area contributed by atoms with Crippen molar-refractivity contribution < 1.29 is 43.2 Å². The molecule has 6 rings (SSSR count). The van der Waals surface area contributed by atoms with Gasteiger partial charge in [0.05, 0.1) is 22.6 Å². The number of ether oxygens (including phenoxy) is 2. The molecule has 19 heteroatoms. The van der Waals surface area contributed by atoms with Crippen LogP contribution in [0, 0.1) is 10.1 Å². The van der Waals surface area contributed by atoms with Crippen LogP contribution >= 0.6 is 11.8 Å². The molecule has 5 atom stereocenters. The van der Waals surface area contributed by atoms with Gasteiger partial charge in [0.2, 0.25) is 17.7 Å². The zero-order valence-electron chi connectivity index (χ0n) is 36.4. The maximum absolute atomic E-state index is 12.8. The molecular formula is C46H58N8O10S. The summed E-state index contributed by atoms with van der Waals surface area (Å²) in [6.45, 7) is 2.24. The second-order valence-corrected chi connectivity index (χ2v) is 17.8. The molecule has 0 saturated carbocycles. The van der Waals surface area contributed by atoms with E-state index in [4.69, 9.17) is 15.2 Å². The van der Waals surface area contributed by atoms with Crippen LogP contribution in [-0.2, 0) is 30.4 Å². The summed E-state index contributed by atoms with van der Waals surface area (Å²) in [4.78, 5) is 85.3. The van der Waals surface area contributed by atoms with Crippen molar-refractivity contribution in [1.29, 1.82) is 0 Å². The molecule has 5 unspecified atom stereocenters. The fourth-order valence-electron chi connectivity index (χ4n) is 8.50. The van der Waals surface area contributed by atoms with Gasteiger partial charge in [-0.2, -0.15) is 11.8 Å². The zero-order valence-corrected chi connectivity index (χ0v) is 37.3. The predicted molar refractivity (Wildman–Crippen MR) is 244 cm³/mol. The second-order valence-electron chi connectivity index (χ2n) is 16.5. The van der Waals surface area contributed by atoms with E-state index in [1.165, 1.54) is 25.1 Å². The van der Waals surface area contributed by atoms with E-state index < -0.39 is 35.2 Å². The molecule has 0 aromatic heterocycles. The van der Waals surface area contributed by atoms with Crippen molar-refractivity contribution in [1.82, 2.24) is 31.9 Å². The number of nitro benzene ring substituents is 1. The van der Waals surface area contributed by atoms with Gasteiger partial charge in [0, 0.05) is 55.5 Å². The van der Waals surface area contributed by atoms with Crippen molar-refractivity contribution >= 4 is 53.4 Å². The van der Waals surface area contributed by atoms with Gasteiger partial charge in [-0.05, 0) is 79.3 Å². The molecule has 0 spiro atoms. The summed E-state index contributed by atoms with van der Waals surface area (Å²) in [7, 11) is 0. The number of alkyl carbamates (subject to hydrolysis) is 2. The first-order valence-corrected chi connectivity index (χ1v) is 23.3. The molecule has 7 amide bonds. The molecule has 65 heavy (non-hydrogen) atoms. The van der Waals surface area contributed by atoms with E-state index in [9.17, 15) is 38.9 Å². The van der Waals surface area contributed by atoms with Gasteiger partial charge in [0.1, 0.15) is 18.8 Å². The lowest BCUT2D eigenvalue weighted by Gasteiger charge is -2.18. The Morgan fingerprint density at radius 1 is 0.846 bits per heavy atom. The van der Waals surface area contributed by atoms with E-state index in [-0.39, 0.29) is 86.1 Å². The van der Waals surface area contributed by atoms with Crippen LogP contribution < -0.4 is 37.6 Å². The number of carbonyl (C=O) groups excluding carboxylic acids is 6. The van der Waals surface area contributed by atoms with Crippen LogP contribution in [0.2, 0.25) is 0 Å². The minimum absolute atomic E-state index is 0.00733. The minimum atomic E-state index is -1.06. The van der Waals surface area contributed by atoms with E-state index in [0.29, 0.717) is 30.2 Å². The third-order valence-corrected chi connectivity index (χ3v) is 13.4. The number of carbonyl (C=O) groups is 6. The van der Waals surface area contributed by atoms with Gasteiger partial charge in [0.25, 0.3) is 5.69 Å². The number of primary amides is 1. The van der Waals surface area contributed by atoms with Gasteiger partial charge in [0.15, 0.2) is 0 Å². The molecule has 0 radical (unpaired) electrons. The van der Waals surface area contributed by atoms with Gasteiger partial charge in [-0.25, -0.2) is 14.4 Å². The smallest absolute Gasteiger partial charge is 0.407 e. The Labute approximate surface area is 381 Å². The van der Waals surface area contributed by atoms with E-state index >= 15 is 0 Å². The number of nitrogens with two attached hydrogens (primary N) is 1. The Hall–Kier alpha value is -6.37. The number of amides is 7. The van der Waals surface area contributed by atoms with Crippen LogP contribution in [-0.4, -0.2) is 89.7 Å². The molecule has 8 N–H and O–H groups in total. The fourth-order valence-corrected chi connectivity index (χ4v) is 10.0. The number of hydrogen-bond acceptors (Lipinski definition) is 11. The van der Waals surface area contributed by atoms with Gasteiger partial charge in [-0.1, -0.05) is 67.4 Å². The van der Waals surface area contributed by atoms with Gasteiger partial charge in [-0.3, -0.25) is 24.5 Å². The van der Waals surface area contributed by atoms with E-state index in [1.807, 2.05) is 60.3 Å². The molecule has 3 aliphatic rings. The first-order valence-electron chi connectivity index (χ1n) is 22.2. The van der Waals surface area contributed by atoms with Crippen molar-refractivity contribution in [2.24, 2.45) is 5.73 Å². The summed E-state index contributed by atoms with van der Waals surface area (Å²) in [6.07, 6.45) is 3.15. The van der Waals surface area contributed by atoms with Crippen LogP contribution in [0.4, 0.5) is 20.1 Å². The topological polar surface area (TPSA) is 262 Å². The number of hydrogen-bond donors (Lipinski definition) is 7. The Morgan fingerprint density at radius 2 is 1.52 bits per heavy atom. The molecule has 1 aliphatic carbocycles. The van der Waals surface area contributed by atoms with Gasteiger partial charge in [-0.15, -0.1) is 0 Å². The van der Waals surface area contributed by atoms with E-state index in [2.05, 4.69) is 31.9 Å². The minimum Gasteiger partial charge on any atom is -0.449 e. The molecule has 2 fully saturated rings. The summed E-state index contributed by atoms with van der Waals surface area (Å²) in [5.41, 5.74) is 10.3. The molecule has 0 bridgehead atoms. The third kappa shape index (κ3) is 13.6. The largest absolute Gasteiger partial charge is 0.449 e. The lowest BCUT2D eigenvalue weighted by atomic mass is 9.98.